The highest BCUT2D eigenvalue weighted by molar-refractivity contribution is 5.25. The van der Waals surface area contributed by atoms with Crippen LogP contribution in [0.4, 0.5) is 4.39 Å². The summed E-state index contributed by atoms with van der Waals surface area (Å²) in [4.78, 5) is 0. The first-order valence-electron chi connectivity index (χ1n) is 6.43. The fraction of sp³-hybridized carbons (Fsp3) is 0.600. The van der Waals surface area contributed by atoms with Crippen LogP contribution < -0.4 is 5.32 Å². The summed E-state index contributed by atoms with van der Waals surface area (Å²) in [5.74, 6) is -0.146. The number of aryl methyl sites for hydroxylation is 1. The molecule has 0 aromatic heterocycles. The maximum absolute atomic E-state index is 13.4. The third-order valence-electron chi connectivity index (χ3n) is 2.78. The van der Waals surface area contributed by atoms with E-state index in [1.165, 1.54) is 0 Å². The molecule has 0 aliphatic rings. The Morgan fingerprint density at radius 2 is 2.00 bits per heavy atom. The van der Waals surface area contributed by atoms with Gasteiger partial charge in [0.25, 0.3) is 0 Å². The van der Waals surface area contributed by atoms with Gasteiger partial charge in [-0.05, 0) is 51.8 Å². The molecule has 1 unspecified atom stereocenters. The van der Waals surface area contributed by atoms with Gasteiger partial charge in [-0.3, -0.25) is 0 Å². The lowest BCUT2D eigenvalue weighted by Crippen LogP contribution is -2.28. The van der Waals surface area contributed by atoms with Crippen LogP contribution in [0.15, 0.2) is 18.2 Å². The van der Waals surface area contributed by atoms with Crippen molar-refractivity contribution in [3.05, 3.63) is 35.1 Å². The Morgan fingerprint density at radius 3 is 2.56 bits per heavy atom. The van der Waals surface area contributed by atoms with E-state index in [9.17, 15) is 4.39 Å². The number of ether oxygens (including phenoxy) is 1. The van der Waals surface area contributed by atoms with Crippen molar-refractivity contribution in [3.8, 4) is 0 Å². The molecule has 102 valence electrons. The molecule has 0 bridgehead atoms. The van der Waals surface area contributed by atoms with Crippen LogP contribution >= 0.6 is 0 Å². The van der Waals surface area contributed by atoms with Crippen LogP contribution in [0.1, 0.15) is 44.9 Å². The topological polar surface area (TPSA) is 21.3 Å². The van der Waals surface area contributed by atoms with Gasteiger partial charge in [0.2, 0.25) is 0 Å². The summed E-state index contributed by atoms with van der Waals surface area (Å²) in [7, 11) is 0. The lowest BCUT2D eigenvalue weighted by atomic mass is 10.1. The Labute approximate surface area is 110 Å². The summed E-state index contributed by atoms with van der Waals surface area (Å²) in [5, 5.41) is 3.33. The summed E-state index contributed by atoms with van der Waals surface area (Å²) in [6, 6.07) is 5.50. The standard InChI is InChI=1S/C15H24FNO/c1-11-6-7-13(10-14(11)16)12(2)17-8-9-18-15(3,4)5/h6-7,10,12,17H,8-9H2,1-5H3. The zero-order chi connectivity index (χ0) is 13.8. The van der Waals surface area contributed by atoms with Crippen molar-refractivity contribution in [2.24, 2.45) is 0 Å². The first-order valence-corrected chi connectivity index (χ1v) is 6.43. The van der Waals surface area contributed by atoms with Gasteiger partial charge in [0, 0.05) is 12.6 Å². The number of hydrogen-bond acceptors (Lipinski definition) is 2. The lowest BCUT2D eigenvalue weighted by molar-refractivity contribution is -0.00149. The van der Waals surface area contributed by atoms with Crippen LogP contribution in [-0.2, 0) is 4.74 Å². The van der Waals surface area contributed by atoms with E-state index in [1.807, 2.05) is 39.8 Å². The van der Waals surface area contributed by atoms with E-state index in [0.29, 0.717) is 12.2 Å². The molecule has 0 aliphatic carbocycles. The lowest BCUT2D eigenvalue weighted by Gasteiger charge is -2.21. The molecule has 0 saturated heterocycles. The average Bonchev–Trinajstić information content (AvgIpc) is 2.26. The fourth-order valence-corrected chi connectivity index (χ4v) is 1.63. The van der Waals surface area contributed by atoms with Gasteiger partial charge in [0.15, 0.2) is 0 Å². The molecule has 1 atom stereocenters. The molecule has 3 heteroatoms. The predicted molar refractivity (Wildman–Crippen MR) is 73.3 cm³/mol. The highest BCUT2D eigenvalue weighted by atomic mass is 19.1. The summed E-state index contributed by atoms with van der Waals surface area (Å²) in [6.45, 7) is 11.3. The number of nitrogens with one attached hydrogen (secondary N) is 1. The van der Waals surface area contributed by atoms with E-state index < -0.39 is 0 Å². The monoisotopic (exact) mass is 253 g/mol. The first kappa shape index (κ1) is 15.1. The van der Waals surface area contributed by atoms with Gasteiger partial charge in [-0.25, -0.2) is 4.39 Å². The van der Waals surface area contributed by atoms with Gasteiger partial charge in [-0.15, -0.1) is 0 Å². The maximum Gasteiger partial charge on any atom is 0.126 e. The molecule has 0 radical (unpaired) electrons. The van der Waals surface area contributed by atoms with Crippen LogP contribution in [0, 0.1) is 12.7 Å². The van der Waals surface area contributed by atoms with Gasteiger partial charge in [0.05, 0.1) is 12.2 Å². The van der Waals surface area contributed by atoms with E-state index in [2.05, 4.69) is 5.32 Å². The maximum atomic E-state index is 13.4. The van der Waals surface area contributed by atoms with E-state index >= 15 is 0 Å². The summed E-state index contributed by atoms with van der Waals surface area (Å²) in [5.41, 5.74) is 1.54. The van der Waals surface area contributed by atoms with Crippen LogP contribution in [0.2, 0.25) is 0 Å². The van der Waals surface area contributed by atoms with Crippen molar-refractivity contribution in [2.75, 3.05) is 13.2 Å². The molecule has 0 saturated carbocycles. The van der Waals surface area contributed by atoms with Crippen LogP contribution in [0.25, 0.3) is 0 Å². The minimum atomic E-state index is -0.146. The first-order chi connectivity index (χ1) is 8.29. The van der Waals surface area contributed by atoms with Crippen molar-refractivity contribution >= 4 is 0 Å². The second-order valence-corrected chi connectivity index (χ2v) is 5.65. The van der Waals surface area contributed by atoms with Crippen LogP contribution in [-0.4, -0.2) is 18.8 Å². The predicted octanol–water partition coefficient (Wildman–Crippen LogP) is 3.60. The highest BCUT2D eigenvalue weighted by Crippen LogP contribution is 2.16. The molecular formula is C15H24FNO. The van der Waals surface area contributed by atoms with Gasteiger partial charge >= 0.3 is 0 Å². The SMILES string of the molecule is Cc1ccc(C(C)NCCOC(C)(C)C)cc1F. The van der Waals surface area contributed by atoms with E-state index in [0.717, 1.165) is 12.1 Å². The number of rotatable bonds is 5. The second kappa shape index (κ2) is 6.30. The normalized spacial score (nSPS) is 13.7. The summed E-state index contributed by atoms with van der Waals surface area (Å²) in [6.07, 6.45) is 0. The van der Waals surface area contributed by atoms with Crippen LogP contribution in [0.3, 0.4) is 0 Å². The van der Waals surface area contributed by atoms with Crippen LogP contribution in [0.5, 0.6) is 0 Å². The van der Waals surface area contributed by atoms with Crippen molar-refractivity contribution in [2.45, 2.75) is 46.3 Å². The van der Waals surface area contributed by atoms with Gasteiger partial charge in [-0.2, -0.15) is 0 Å². The Balaban J connectivity index is 2.41. The third-order valence-corrected chi connectivity index (χ3v) is 2.78. The molecule has 0 heterocycles. The van der Waals surface area contributed by atoms with E-state index in [1.54, 1.807) is 13.0 Å². The van der Waals surface area contributed by atoms with Gasteiger partial charge < -0.3 is 10.1 Å². The molecule has 0 spiro atoms. The number of benzene rings is 1. The Hall–Kier alpha value is -0.930. The second-order valence-electron chi connectivity index (χ2n) is 5.65. The van der Waals surface area contributed by atoms with Gasteiger partial charge in [-0.1, -0.05) is 12.1 Å². The molecule has 1 aromatic rings. The number of halogens is 1. The average molecular weight is 253 g/mol. The Bertz CT molecular complexity index is 385. The minimum Gasteiger partial charge on any atom is -0.375 e. The molecule has 1 N–H and O–H groups in total. The van der Waals surface area contributed by atoms with E-state index in [4.69, 9.17) is 4.74 Å². The molecule has 0 fully saturated rings. The molecule has 2 nitrogen and oxygen atoms in total. The quantitative estimate of drug-likeness (QED) is 0.810. The molecular weight excluding hydrogens is 229 g/mol. The van der Waals surface area contributed by atoms with Gasteiger partial charge in [0.1, 0.15) is 5.82 Å². The zero-order valence-electron chi connectivity index (χ0n) is 12.0. The van der Waals surface area contributed by atoms with Crippen molar-refractivity contribution in [1.29, 1.82) is 0 Å². The molecule has 18 heavy (non-hydrogen) atoms. The summed E-state index contributed by atoms with van der Waals surface area (Å²) < 4.78 is 19.1. The molecule has 1 aromatic carbocycles. The number of hydrogen-bond donors (Lipinski definition) is 1. The van der Waals surface area contributed by atoms with Crippen molar-refractivity contribution in [1.82, 2.24) is 5.32 Å². The Kier molecular flexibility index (Phi) is 5.29. The highest BCUT2D eigenvalue weighted by Gasteiger charge is 2.10. The van der Waals surface area contributed by atoms with Crippen molar-refractivity contribution in [3.63, 3.8) is 0 Å². The largest absolute Gasteiger partial charge is 0.375 e. The minimum absolute atomic E-state index is 0.110. The Morgan fingerprint density at radius 1 is 1.33 bits per heavy atom. The fourth-order valence-electron chi connectivity index (χ4n) is 1.63. The van der Waals surface area contributed by atoms with E-state index in [-0.39, 0.29) is 17.5 Å². The molecule has 1 rings (SSSR count). The smallest absolute Gasteiger partial charge is 0.126 e. The molecule has 0 amide bonds. The van der Waals surface area contributed by atoms with Crippen molar-refractivity contribution < 1.29 is 9.13 Å². The third kappa shape index (κ3) is 5.15. The summed E-state index contributed by atoms with van der Waals surface area (Å²) >= 11 is 0. The molecule has 0 aliphatic heterocycles. The zero-order valence-corrected chi connectivity index (χ0v) is 12.0.